The number of rotatable bonds is 4. The summed E-state index contributed by atoms with van der Waals surface area (Å²) >= 11 is 0. The third-order valence-corrected chi connectivity index (χ3v) is 5.09. The minimum atomic E-state index is -0.422. The molecule has 1 heterocycles. The monoisotopic (exact) mass is 394 g/mol. The quantitative estimate of drug-likeness (QED) is 0.475. The summed E-state index contributed by atoms with van der Waals surface area (Å²) in [6, 6.07) is 27.1. The van der Waals surface area contributed by atoms with Crippen molar-refractivity contribution in [1.82, 2.24) is 4.98 Å². The van der Waals surface area contributed by atoms with Gasteiger partial charge in [0.1, 0.15) is 5.56 Å². The molecule has 4 nitrogen and oxygen atoms in total. The molecule has 0 radical (unpaired) electrons. The van der Waals surface area contributed by atoms with E-state index in [0.29, 0.717) is 11.4 Å². The van der Waals surface area contributed by atoms with Crippen LogP contribution in [0.3, 0.4) is 0 Å². The molecule has 0 aliphatic heterocycles. The average Bonchev–Trinajstić information content (AvgIpc) is 2.76. The highest BCUT2D eigenvalue weighted by molar-refractivity contribution is 6.04. The zero-order valence-electron chi connectivity index (χ0n) is 16.9. The molecule has 4 rings (SSSR count). The van der Waals surface area contributed by atoms with Crippen molar-refractivity contribution >= 4 is 11.6 Å². The van der Waals surface area contributed by atoms with Gasteiger partial charge in [-0.15, -0.1) is 0 Å². The third kappa shape index (κ3) is 4.08. The SMILES string of the molecule is Cc1ccc(NC(=O)c2ccc(-c3ccc(-c4ccccc4)cc3)[nH]c2=O)c(C)c1. The fourth-order valence-corrected chi connectivity index (χ4v) is 3.44. The second-order valence-electron chi connectivity index (χ2n) is 7.33. The van der Waals surface area contributed by atoms with E-state index < -0.39 is 11.5 Å². The number of aromatic nitrogens is 1. The van der Waals surface area contributed by atoms with Gasteiger partial charge in [0.25, 0.3) is 11.5 Å². The van der Waals surface area contributed by atoms with E-state index >= 15 is 0 Å². The van der Waals surface area contributed by atoms with Crippen LogP contribution < -0.4 is 10.9 Å². The van der Waals surface area contributed by atoms with Crippen LogP contribution >= 0.6 is 0 Å². The van der Waals surface area contributed by atoms with Crippen LogP contribution in [0.15, 0.2) is 89.7 Å². The molecule has 4 aromatic rings. The van der Waals surface area contributed by atoms with Gasteiger partial charge in [-0.1, -0.05) is 72.3 Å². The lowest BCUT2D eigenvalue weighted by Gasteiger charge is -2.10. The number of aromatic amines is 1. The molecule has 0 spiro atoms. The van der Waals surface area contributed by atoms with Crippen LogP contribution in [0.2, 0.25) is 0 Å². The Kier molecular flexibility index (Phi) is 5.31. The van der Waals surface area contributed by atoms with Gasteiger partial charge in [-0.25, -0.2) is 0 Å². The first-order valence-electron chi connectivity index (χ1n) is 9.79. The maximum Gasteiger partial charge on any atom is 0.261 e. The molecule has 3 aromatic carbocycles. The van der Waals surface area contributed by atoms with Crippen LogP contribution in [0.1, 0.15) is 21.5 Å². The number of benzene rings is 3. The standard InChI is InChI=1S/C26H22N2O2/c1-17-8-14-23(18(2)16-17)27-25(29)22-13-15-24(28-26(22)30)21-11-9-20(10-12-21)19-6-4-3-5-7-19/h3-16H,1-2H3,(H,27,29)(H,28,30). The molecule has 0 unspecified atom stereocenters. The fourth-order valence-electron chi connectivity index (χ4n) is 3.44. The second-order valence-corrected chi connectivity index (χ2v) is 7.33. The molecule has 0 aliphatic rings. The summed E-state index contributed by atoms with van der Waals surface area (Å²) in [5, 5.41) is 2.82. The van der Waals surface area contributed by atoms with Gasteiger partial charge < -0.3 is 10.3 Å². The molecule has 30 heavy (non-hydrogen) atoms. The molecule has 0 atom stereocenters. The number of carbonyl (C=O) groups excluding carboxylic acids is 1. The van der Waals surface area contributed by atoms with E-state index in [1.54, 1.807) is 12.1 Å². The lowest BCUT2D eigenvalue weighted by Crippen LogP contribution is -2.23. The van der Waals surface area contributed by atoms with Gasteiger partial charge in [-0.05, 0) is 54.3 Å². The molecule has 0 aliphatic carbocycles. The number of pyridine rings is 1. The van der Waals surface area contributed by atoms with E-state index in [-0.39, 0.29) is 5.56 Å². The number of anilines is 1. The highest BCUT2D eigenvalue weighted by Gasteiger charge is 2.13. The molecule has 0 saturated carbocycles. The van der Waals surface area contributed by atoms with Crippen LogP contribution in [-0.4, -0.2) is 10.9 Å². The molecule has 1 aromatic heterocycles. The Morgan fingerprint density at radius 2 is 1.43 bits per heavy atom. The summed E-state index contributed by atoms with van der Waals surface area (Å²) in [7, 11) is 0. The Hall–Kier alpha value is -3.92. The molecule has 148 valence electrons. The largest absolute Gasteiger partial charge is 0.322 e. The summed E-state index contributed by atoms with van der Waals surface area (Å²) in [5.74, 6) is -0.422. The molecule has 0 fully saturated rings. The van der Waals surface area contributed by atoms with Crippen molar-refractivity contribution in [1.29, 1.82) is 0 Å². The Bertz CT molecular complexity index is 1260. The van der Waals surface area contributed by atoms with Crippen LogP contribution in [0, 0.1) is 13.8 Å². The predicted octanol–water partition coefficient (Wildman–Crippen LogP) is 5.58. The van der Waals surface area contributed by atoms with E-state index in [1.165, 1.54) is 0 Å². The van der Waals surface area contributed by atoms with Gasteiger partial charge in [0.05, 0.1) is 0 Å². The smallest absolute Gasteiger partial charge is 0.261 e. The molecular weight excluding hydrogens is 372 g/mol. The molecule has 1 amide bonds. The van der Waals surface area contributed by atoms with E-state index in [2.05, 4.69) is 22.4 Å². The lowest BCUT2D eigenvalue weighted by atomic mass is 10.0. The summed E-state index contributed by atoms with van der Waals surface area (Å²) in [6.45, 7) is 3.92. The van der Waals surface area contributed by atoms with Gasteiger partial charge in [0, 0.05) is 11.4 Å². The molecular formula is C26H22N2O2. The summed E-state index contributed by atoms with van der Waals surface area (Å²) in [4.78, 5) is 28.0. The van der Waals surface area contributed by atoms with Gasteiger partial charge in [0.2, 0.25) is 0 Å². The average molecular weight is 394 g/mol. The second kappa shape index (κ2) is 8.21. The minimum Gasteiger partial charge on any atom is -0.322 e. The van der Waals surface area contributed by atoms with E-state index in [0.717, 1.165) is 27.8 Å². The van der Waals surface area contributed by atoms with Crippen molar-refractivity contribution in [3.05, 3.63) is 112 Å². The van der Waals surface area contributed by atoms with Gasteiger partial charge >= 0.3 is 0 Å². The first-order chi connectivity index (χ1) is 14.5. The first-order valence-corrected chi connectivity index (χ1v) is 9.79. The highest BCUT2D eigenvalue weighted by atomic mass is 16.2. The molecule has 0 saturated heterocycles. The Balaban J connectivity index is 1.55. The fraction of sp³-hybridized carbons (Fsp3) is 0.0769. The van der Waals surface area contributed by atoms with Crippen molar-refractivity contribution in [2.75, 3.05) is 5.32 Å². The number of amides is 1. The van der Waals surface area contributed by atoms with Gasteiger partial charge in [-0.2, -0.15) is 0 Å². The zero-order valence-corrected chi connectivity index (χ0v) is 16.9. The topological polar surface area (TPSA) is 62.0 Å². The summed E-state index contributed by atoms with van der Waals surface area (Å²) < 4.78 is 0. The first kappa shape index (κ1) is 19.4. The number of nitrogens with one attached hydrogen (secondary N) is 2. The lowest BCUT2D eigenvalue weighted by molar-refractivity contribution is 0.102. The molecule has 2 N–H and O–H groups in total. The van der Waals surface area contributed by atoms with E-state index in [1.807, 2.05) is 74.5 Å². The van der Waals surface area contributed by atoms with Crippen LogP contribution in [-0.2, 0) is 0 Å². The maximum atomic E-state index is 12.6. The number of aryl methyl sites for hydroxylation is 2. The Morgan fingerprint density at radius 3 is 2.10 bits per heavy atom. The molecule has 0 bridgehead atoms. The predicted molar refractivity (Wildman–Crippen MR) is 122 cm³/mol. The summed E-state index contributed by atoms with van der Waals surface area (Å²) in [5.41, 5.74) is 6.23. The maximum absolute atomic E-state index is 12.6. The highest BCUT2D eigenvalue weighted by Crippen LogP contribution is 2.23. The minimum absolute atomic E-state index is 0.0830. The third-order valence-electron chi connectivity index (χ3n) is 5.09. The van der Waals surface area contributed by atoms with Crippen molar-refractivity contribution in [2.24, 2.45) is 0 Å². The number of hydrogen-bond donors (Lipinski definition) is 2. The van der Waals surface area contributed by atoms with Crippen molar-refractivity contribution in [3.8, 4) is 22.4 Å². The van der Waals surface area contributed by atoms with Crippen LogP contribution in [0.5, 0.6) is 0 Å². The summed E-state index contributed by atoms with van der Waals surface area (Å²) in [6.07, 6.45) is 0. The van der Waals surface area contributed by atoms with Crippen molar-refractivity contribution in [2.45, 2.75) is 13.8 Å². The van der Waals surface area contributed by atoms with Gasteiger partial charge in [0.15, 0.2) is 0 Å². The normalized spacial score (nSPS) is 10.6. The van der Waals surface area contributed by atoms with Crippen LogP contribution in [0.25, 0.3) is 22.4 Å². The van der Waals surface area contributed by atoms with Gasteiger partial charge in [-0.3, -0.25) is 9.59 Å². The number of hydrogen-bond acceptors (Lipinski definition) is 2. The van der Waals surface area contributed by atoms with Crippen LogP contribution in [0.4, 0.5) is 5.69 Å². The number of carbonyl (C=O) groups is 1. The van der Waals surface area contributed by atoms with E-state index in [9.17, 15) is 9.59 Å². The number of H-pyrrole nitrogens is 1. The van der Waals surface area contributed by atoms with E-state index in [4.69, 9.17) is 0 Å². The van der Waals surface area contributed by atoms with Crippen molar-refractivity contribution in [3.63, 3.8) is 0 Å². The Morgan fingerprint density at radius 1 is 0.767 bits per heavy atom. The Labute approximate surface area is 175 Å². The molecule has 4 heteroatoms. The zero-order chi connectivity index (χ0) is 21.1. The van der Waals surface area contributed by atoms with Crippen molar-refractivity contribution < 1.29 is 4.79 Å².